The predicted molar refractivity (Wildman–Crippen MR) is 61.8 cm³/mol. The number of hydrogen-bond acceptors (Lipinski definition) is 3. The van der Waals surface area contributed by atoms with Gasteiger partial charge in [0.05, 0.1) is 6.10 Å². The molecule has 0 aromatic carbocycles. The van der Waals surface area contributed by atoms with E-state index in [0.717, 1.165) is 25.3 Å². The van der Waals surface area contributed by atoms with Gasteiger partial charge in [-0.3, -0.25) is 0 Å². The number of methoxy groups -OCH3 is 1. The molecular formula is C12H24N2O. The summed E-state index contributed by atoms with van der Waals surface area (Å²) < 4.78 is 5.40. The zero-order valence-corrected chi connectivity index (χ0v) is 9.80. The van der Waals surface area contributed by atoms with Crippen molar-refractivity contribution in [2.24, 2.45) is 11.7 Å². The highest BCUT2D eigenvalue weighted by Gasteiger charge is 2.35. The molecule has 2 rings (SSSR count). The topological polar surface area (TPSA) is 47.3 Å². The Morgan fingerprint density at radius 3 is 2.40 bits per heavy atom. The van der Waals surface area contributed by atoms with E-state index in [9.17, 15) is 0 Å². The van der Waals surface area contributed by atoms with Crippen molar-refractivity contribution in [3.05, 3.63) is 0 Å². The average Bonchev–Trinajstić information content (AvgIpc) is 3.11. The molecule has 0 aromatic rings. The molecule has 88 valence electrons. The molecule has 0 radical (unpaired) electrons. The van der Waals surface area contributed by atoms with Gasteiger partial charge in [0.2, 0.25) is 0 Å². The first kappa shape index (κ1) is 11.4. The molecule has 0 spiro atoms. The molecule has 0 aliphatic heterocycles. The molecule has 2 aliphatic carbocycles. The third-order valence-corrected chi connectivity index (χ3v) is 4.08. The van der Waals surface area contributed by atoms with Gasteiger partial charge in [-0.2, -0.15) is 0 Å². The molecule has 0 unspecified atom stereocenters. The average molecular weight is 212 g/mol. The summed E-state index contributed by atoms with van der Waals surface area (Å²) in [5.41, 5.74) is 6.15. The first-order valence-electron chi connectivity index (χ1n) is 6.26. The normalized spacial score (nSPS) is 36.8. The lowest BCUT2D eigenvalue weighted by atomic mass is 9.80. The van der Waals surface area contributed by atoms with E-state index in [1.807, 2.05) is 7.11 Å². The van der Waals surface area contributed by atoms with Crippen LogP contribution >= 0.6 is 0 Å². The Morgan fingerprint density at radius 2 is 1.93 bits per heavy atom. The molecule has 0 amide bonds. The van der Waals surface area contributed by atoms with Crippen molar-refractivity contribution in [1.82, 2.24) is 5.32 Å². The van der Waals surface area contributed by atoms with E-state index in [0.29, 0.717) is 6.10 Å². The maximum atomic E-state index is 5.93. The van der Waals surface area contributed by atoms with Crippen molar-refractivity contribution >= 4 is 0 Å². The summed E-state index contributed by atoms with van der Waals surface area (Å²) in [6, 6.07) is 0. The second-order valence-corrected chi connectivity index (χ2v) is 5.24. The van der Waals surface area contributed by atoms with Crippen LogP contribution in [0.3, 0.4) is 0 Å². The zero-order chi connectivity index (χ0) is 10.7. The van der Waals surface area contributed by atoms with Crippen LogP contribution in [-0.2, 0) is 4.74 Å². The Kier molecular flexibility index (Phi) is 3.65. The maximum Gasteiger partial charge on any atom is 0.0572 e. The second kappa shape index (κ2) is 4.81. The molecule has 0 atom stereocenters. The van der Waals surface area contributed by atoms with Crippen molar-refractivity contribution in [3.63, 3.8) is 0 Å². The zero-order valence-electron chi connectivity index (χ0n) is 9.80. The van der Waals surface area contributed by atoms with Gasteiger partial charge >= 0.3 is 0 Å². The largest absolute Gasteiger partial charge is 0.381 e. The summed E-state index contributed by atoms with van der Waals surface area (Å²) in [4.78, 5) is 0. The van der Waals surface area contributed by atoms with Crippen LogP contribution in [0.5, 0.6) is 0 Å². The van der Waals surface area contributed by atoms with Crippen LogP contribution in [0, 0.1) is 5.92 Å². The molecule has 3 nitrogen and oxygen atoms in total. The molecule has 0 saturated heterocycles. The number of nitrogens with two attached hydrogens (primary N) is 1. The molecule has 2 fully saturated rings. The van der Waals surface area contributed by atoms with Crippen LogP contribution < -0.4 is 11.1 Å². The Hall–Kier alpha value is -0.120. The molecule has 2 aliphatic rings. The van der Waals surface area contributed by atoms with Crippen LogP contribution in [0.4, 0.5) is 0 Å². The van der Waals surface area contributed by atoms with Crippen LogP contribution in [0.25, 0.3) is 0 Å². The van der Waals surface area contributed by atoms with E-state index in [1.165, 1.54) is 32.2 Å². The summed E-state index contributed by atoms with van der Waals surface area (Å²) in [6.07, 6.45) is 7.95. The van der Waals surface area contributed by atoms with Gasteiger partial charge in [0.25, 0.3) is 0 Å². The standard InChI is InChI=1S/C12H24N2O/c1-15-11-4-6-12(9-13,7-5-11)14-8-10-2-3-10/h10-11,14H,2-9,13H2,1H3. The number of rotatable bonds is 5. The fraction of sp³-hybridized carbons (Fsp3) is 1.00. The summed E-state index contributed by atoms with van der Waals surface area (Å²) >= 11 is 0. The van der Waals surface area contributed by atoms with E-state index in [4.69, 9.17) is 10.5 Å². The van der Waals surface area contributed by atoms with E-state index >= 15 is 0 Å². The SMILES string of the molecule is COC1CCC(CN)(NCC2CC2)CC1. The quantitative estimate of drug-likeness (QED) is 0.721. The smallest absolute Gasteiger partial charge is 0.0572 e. The first-order chi connectivity index (χ1) is 7.28. The van der Waals surface area contributed by atoms with Crippen molar-refractivity contribution in [2.75, 3.05) is 20.2 Å². The Bertz CT molecular complexity index is 196. The predicted octanol–water partition coefficient (Wildman–Crippen LogP) is 1.27. The number of nitrogens with one attached hydrogen (secondary N) is 1. The van der Waals surface area contributed by atoms with Crippen molar-refractivity contribution in [1.29, 1.82) is 0 Å². The van der Waals surface area contributed by atoms with Gasteiger partial charge in [0.1, 0.15) is 0 Å². The Labute approximate surface area is 92.7 Å². The number of ether oxygens (including phenoxy) is 1. The minimum atomic E-state index is 0.220. The Balaban J connectivity index is 1.79. The fourth-order valence-corrected chi connectivity index (χ4v) is 2.52. The summed E-state index contributed by atoms with van der Waals surface area (Å²) in [6.45, 7) is 1.95. The molecule has 3 heteroatoms. The highest BCUT2D eigenvalue weighted by atomic mass is 16.5. The van der Waals surface area contributed by atoms with Crippen LogP contribution in [0.2, 0.25) is 0 Å². The van der Waals surface area contributed by atoms with E-state index in [1.54, 1.807) is 0 Å². The van der Waals surface area contributed by atoms with Crippen molar-refractivity contribution in [2.45, 2.75) is 50.2 Å². The highest BCUT2D eigenvalue weighted by Crippen LogP contribution is 2.32. The summed E-state index contributed by atoms with van der Waals surface area (Å²) in [7, 11) is 1.82. The van der Waals surface area contributed by atoms with Gasteiger partial charge in [0.15, 0.2) is 0 Å². The summed E-state index contributed by atoms with van der Waals surface area (Å²) in [5.74, 6) is 0.938. The second-order valence-electron chi connectivity index (χ2n) is 5.24. The molecular weight excluding hydrogens is 188 g/mol. The minimum absolute atomic E-state index is 0.220. The lowest BCUT2D eigenvalue weighted by molar-refractivity contribution is 0.0430. The van der Waals surface area contributed by atoms with Gasteiger partial charge in [0, 0.05) is 19.2 Å². The monoisotopic (exact) mass is 212 g/mol. The minimum Gasteiger partial charge on any atom is -0.381 e. The van der Waals surface area contributed by atoms with Gasteiger partial charge < -0.3 is 15.8 Å². The van der Waals surface area contributed by atoms with E-state index < -0.39 is 0 Å². The molecule has 0 aromatic heterocycles. The third kappa shape index (κ3) is 2.92. The molecule has 0 heterocycles. The van der Waals surface area contributed by atoms with Gasteiger partial charge in [-0.1, -0.05) is 0 Å². The lowest BCUT2D eigenvalue weighted by Gasteiger charge is -2.40. The molecule has 3 N–H and O–H groups in total. The van der Waals surface area contributed by atoms with Gasteiger partial charge in [-0.15, -0.1) is 0 Å². The van der Waals surface area contributed by atoms with Gasteiger partial charge in [-0.25, -0.2) is 0 Å². The van der Waals surface area contributed by atoms with Crippen LogP contribution in [0.15, 0.2) is 0 Å². The van der Waals surface area contributed by atoms with E-state index in [-0.39, 0.29) is 5.54 Å². The van der Waals surface area contributed by atoms with Crippen LogP contribution in [0.1, 0.15) is 38.5 Å². The lowest BCUT2D eigenvalue weighted by Crippen LogP contribution is -2.54. The van der Waals surface area contributed by atoms with E-state index in [2.05, 4.69) is 5.32 Å². The molecule has 0 bridgehead atoms. The maximum absolute atomic E-state index is 5.93. The van der Waals surface area contributed by atoms with Crippen LogP contribution in [-0.4, -0.2) is 31.8 Å². The fourth-order valence-electron chi connectivity index (χ4n) is 2.52. The molecule has 2 saturated carbocycles. The molecule has 15 heavy (non-hydrogen) atoms. The third-order valence-electron chi connectivity index (χ3n) is 4.08. The number of hydrogen-bond donors (Lipinski definition) is 2. The van der Waals surface area contributed by atoms with Crippen molar-refractivity contribution < 1.29 is 4.74 Å². The Morgan fingerprint density at radius 1 is 1.27 bits per heavy atom. The van der Waals surface area contributed by atoms with Crippen molar-refractivity contribution in [3.8, 4) is 0 Å². The first-order valence-corrected chi connectivity index (χ1v) is 6.26. The highest BCUT2D eigenvalue weighted by molar-refractivity contribution is 4.95. The van der Waals surface area contributed by atoms with Gasteiger partial charge in [-0.05, 0) is 51.0 Å². The summed E-state index contributed by atoms with van der Waals surface area (Å²) in [5, 5.41) is 3.71.